The van der Waals surface area contributed by atoms with Gasteiger partial charge in [0.2, 0.25) is 0 Å². The van der Waals surface area contributed by atoms with Crippen LogP contribution in [-0.4, -0.2) is 23.6 Å². The van der Waals surface area contributed by atoms with E-state index in [9.17, 15) is 0 Å². The highest BCUT2D eigenvalue weighted by Gasteiger charge is 2.24. The van der Waals surface area contributed by atoms with Crippen LogP contribution in [0.15, 0.2) is 10.7 Å². The van der Waals surface area contributed by atoms with Crippen molar-refractivity contribution in [2.24, 2.45) is 0 Å². The summed E-state index contributed by atoms with van der Waals surface area (Å²) in [7, 11) is 0. The van der Waals surface area contributed by atoms with Crippen LogP contribution in [-0.2, 0) is 6.54 Å². The summed E-state index contributed by atoms with van der Waals surface area (Å²) in [5, 5.41) is 3.36. The van der Waals surface area contributed by atoms with E-state index in [2.05, 4.69) is 36.0 Å². The summed E-state index contributed by atoms with van der Waals surface area (Å²) in [5.74, 6) is 0. The van der Waals surface area contributed by atoms with Crippen LogP contribution in [0.25, 0.3) is 0 Å². The number of nitrogens with zero attached hydrogens (tertiary/aromatic N) is 2. The second kappa shape index (κ2) is 6.23. The van der Waals surface area contributed by atoms with E-state index in [-0.39, 0.29) is 0 Å². The van der Waals surface area contributed by atoms with Gasteiger partial charge >= 0.3 is 0 Å². The maximum Gasteiger partial charge on any atom is 0.297 e. The third-order valence-corrected chi connectivity index (χ3v) is 3.58. The van der Waals surface area contributed by atoms with Crippen molar-refractivity contribution in [1.82, 2.24) is 10.3 Å². The Hall–Kier alpha value is -1.03. The molecule has 0 saturated carbocycles. The summed E-state index contributed by atoms with van der Waals surface area (Å²) < 4.78 is 5.64. The predicted octanol–water partition coefficient (Wildman–Crippen LogP) is 2.94. The van der Waals surface area contributed by atoms with Crippen LogP contribution in [0.3, 0.4) is 0 Å². The topological polar surface area (TPSA) is 41.3 Å². The molecule has 0 aromatic carbocycles. The van der Waals surface area contributed by atoms with Crippen LogP contribution in [0, 0.1) is 0 Å². The van der Waals surface area contributed by atoms with Crippen molar-refractivity contribution in [1.29, 1.82) is 0 Å². The van der Waals surface area contributed by atoms with Gasteiger partial charge in [-0.2, -0.15) is 4.98 Å². The van der Waals surface area contributed by atoms with Crippen LogP contribution in [0.1, 0.15) is 52.1 Å². The van der Waals surface area contributed by atoms with Crippen molar-refractivity contribution in [3.8, 4) is 0 Å². The lowest BCUT2D eigenvalue weighted by molar-refractivity contribution is 0.410. The third-order valence-electron chi connectivity index (χ3n) is 3.58. The lowest BCUT2D eigenvalue weighted by atomic mass is 10.0. The molecule has 2 heterocycles. The molecule has 4 nitrogen and oxygen atoms in total. The summed E-state index contributed by atoms with van der Waals surface area (Å²) >= 11 is 0. The summed E-state index contributed by atoms with van der Waals surface area (Å²) in [6.07, 6.45) is 6.79. The predicted molar refractivity (Wildman–Crippen MR) is 73.8 cm³/mol. The Morgan fingerprint density at radius 2 is 2.33 bits per heavy atom. The lowest BCUT2D eigenvalue weighted by Crippen LogP contribution is -2.39. The molecule has 18 heavy (non-hydrogen) atoms. The Balaban J connectivity index is 1.99. The molecule has 2 rings (SSSR count). The van der Waals surface area contributed by atoms with Crippen LogP contribution < -0.4 is 10.2 Å². The molecule has 1 aliphatic heterocycles. The average molecular weight is 251 g/mol. The highest BCUT2D eigenvalue weighted by atomic mass is 16.4. The molecule has 1 fully saturated rings. The van der Waals surface area contributed by atoms with Crippen molar-refractivity contribution >= 4 is 6.01 Å². The zero-order valence-electron chi connectivity index (χ0n) is 11.8. The monoisotopic (exact) mass is 251 g/mol. The average Bonchev–Trinajstić information content (AvgIpc) is 2.85. The molecule has 0 radical (unpaired) electrons. The molecule has 0 bridgehead atoms. The van der Waals surface area contributed by atoms with E-state index in [0.29, 0.717) is 12.1 Å². The number of oxazole rings is 1. The van der Waals surface area contributed by atoms with Gasteiger partial charge in [-0.05, 0) is 25.7 Å². The normalized spacial score (nSPS) is 20.7. The summed E-state index contributed by atoms with van der Waals surface area (Å²) in [4.78, 5) is 6.94. The van der Waals surface area contributed by atoms with E-state index in [1.54, 1.807) is 6.26 Å². The molecule has 1 aromatic rings. The molecular formula is C14H25N3O. The van der Waals surface area contributed by atoms with Gasteiger partial charge in [0.25, 0.3) is 6.01 Å². The minimum Gasteiger partial charge on any atom is -0.432 e. The molecule has 1 unspecified atom stereocenters. The molecule has 0 aliphatic carbocycles. The number of piperidine rings is 1. The summed E-state index contributed by atoms with van der Waals surface area (Å²) in [5.41, 5.74) is 0.999. The van der Waals surface area contributed by atoms with E-state index in [1.165, 1.54) is 25.7 Å². The first-order valence-corrected chi connectivity index (χ1v) is 7.15. The van der Waals surface area contributed by atoms with E-state index in [4.69, 9.17) is 4.42 Å². The van der Waals surface area contributed by atoms with Crippen LogP contribution in [0.2, 0.25) is 0 Å². The van der Waals surface area contributed by atoms with Gasteiger partial charge in [0.1, 0.15) is 6.26 Å². The summed E-state index contributed by atoms with van der Waals surface area (Å²) in [6, 6.07) is 1.88. The Labute approximate surface area is 110 Å². The molecule has 1 saturated heterocycles. The Morgan fingerprint density at radius 1 is 1.50 bits per heavy atom. The Morgan fingerprint density at radius 3 is 3.06 bits per heavy atom. The molecule has 1 atom stereocenters. The van der Waals surface area contributed by atoms with Crippen molar-refractivity contribution < 1.29 is 4.42 Å². The number of anilines is 1. The lowest BCUT2D eigenvalue weighted by Gasteiger charge is -2.33. The third kappa shape index (κ3) is 3.25. The quantitative estimate of drug-likeness (QED) is 0.873. The fraction of sp³-hybridized carbons (Fsp3) is 0.786. The van der Waals surface area contributed by atoms with E-state index in [1.807, 2.05) is 0 Å². The highest BCUT2D eigenvalue weighted by molar-refractivity contribution is 5.29. The maximum absolute atomic E-state index is 5.64. The first kappa shape index (κ1) is 13.4. The fourth-order valence-corrected chi connectivity index (χ4v) is 2.49. The number of rotatable bonds is 5. The molecule has 4 heteroatoms. The standard InChI is InChI=1S/C14H25N3O/c1-4-13-7-5-6-8-17(13)14-16-12(10-18-14)9-15-11(2)3/h10-11,13,15H,4-9H2,1-3H3. The molecule has 102 valence electrons. The number of hydrogen-bond acceptors (Lipinski definition) is 4. The van der Waals surface area contributed by atoms with Gasteiger partial charge in [0.05, 0.1) is 5.69 Å². The smallest absolute Gasteiger partial charge is 0.297 e. The molecular weight excluding hydrogens is 226 g/mol. The Bertz CT molecular complexity index is 362. The number of aromatic nitrogens is 1. The molecule has 0 amide bonds. The van der Waals surface area contributed by atoms with Gasteiger partial charge in [-0.25, -0.2) is 0 Å². The van der Waals surface area contributed by atoms with Gasteiger partial charge in [-0.1, -0.05) is 20.8 Å². The molecule has 1 aromatic heterocycles. The van der Waals surface area contributed by atoms with Crippen molar-refractivity contribution in [2.45, 2.75) is 65.1 Å². The van der Waals surface area contributed by atoms with E-state index < -0.39 is 0 Å². The number of hydrogen-bond donors (Lipinski definition) is 1. The van der Waals surface area contributed by atoms with Crippen LogP contribution in [0.4, 0.5) is 6.01 Å². The Kier molecular flexibility index (Phi) is 4.64. The maximum atomic E-state index is 5.64. The highest BCUT2D eigenvalue weighted by Crippen LogP contribution is 2.25. The second-order valence-corrected chi connectivity index (χ2v) is 5.41. The van der Waals surface area contributed by atoms with E-state index >= 15 is 0 Å². The zero-order chi connectivity index (χ0) is 13.0. The van der Waals surface area contributed by atoms with Gasteiger partial charge in [-0.15, -0.1) is 0 Å². The fourth-order valence-electron chi connectivity index (χ4n) is 2.49. The minimum absolute atomic E-state index is 0.475. The van der Waals surface area contributed by atoms with Crippen molar-refractivity contribution in [3.63, 3.8) is 0 Å². The van der Waals surface area contributed by atoms with Crippen LogP contribution >= 0.6 is 0 Å². The van der Waals surface area contributed by atoms with Gasteiger partial charge in [0, 0.05) is 25.2 Å². The molecule has 1 N–H and O–H groups in total. The van der Waals surface area contributed by atoms with Crippen molar-refractivity contribution in [3.05, 3.63) is 12.0 Å². The second-order valence-electron chi connectivity index (χ2n) is 5.41. The van der Waals surface area contributed by atoms with Crippen LogP contribution in [0.5, 0.6) is 0 Å². The largest absolute Gasteiger partial charge is 0.432 e. The van der Waals surface area contributed by atoms with E-state index in [0.717, 1.165) is 24.8 Å². The number of nitrogens with one attached hydrogen (secondary N) is 1. The molecule has 0 spiro atoms. The van der Waals surface area contributed by atoms with Gasteiger partial charge in [0.15, 0.2) is 0 Å². The van der Waals surface area contributed by atoms with Gasteiger partial charge < -0.3 is 14.6 Å². The van der Waals surface area contributed by atoms with Gasteiger partial charge in [-0.3, -0.25) is 0 Å². The SMILES string of the molecule is CCC1CCCCN1c1nc(CNC(C)C)co1. The minimum atomic E-state index is 0.475. The first-order chi connectivity index (χ1) is 8.70. The first-order valence-electron chi connectivity index (χ1n) is 7.15. The summed E-state index contributed by atoms with van der Waals surface area (Å²) in [6.45, 7) is 8.38. The van der Waals surface area contributed by atoms with Crippen molar-refractivity contribution in [2.75, 3.05) is 11.4 Å². The zero-order valence-corrected chi connectivity index (χ0v) is 11.8. The molecule has 1 aliphatic rings.